The van der Waals surface area contributed by atoms with Crippen LogP contribution in [0.4, 0.5) is 0 Å². The van der Waals surface area contributed by atoms with E-state index in [1.165, 1.54) is 12.8 Å². The summed E-state index contributed by atoms with van der Waals surface area (Å²) < 4.78 is 7.44. The first kappa shape index (κ1) is 11.6. The minimum Gasteiger partial charge on any atom is -0.462 e. The van der Waals surface area contributed by atoms with Crippen molar-refractivity contribution in [1.29, 1.82) is 0 Å². The van der Waals surface area contributed by atoms with Gasteiger partial charge in [0.25, 0.3) is 0 Å². The van der Waals surface area contributed by atoms with E-state index in [9.17, 15) is 4.79 Å². The first-order valence-electron chi connectivity index (χ1n) is 5.64. The number of hydrogen-bond donors (Lipinski definition) is 0. The molecule has 0 spiro atoms. The van der Waals surface area contributed by atoms with Gasteiger partial charge in [-0.2, -0.15) is 5.10 Å². The van der Waals surface area contributed by atoms with Gasteiger partial charge in [-0.3, -0.25) is 4.68 Å². The van der Waals surface area contributed by atoms with Crippen LogP contribution in [-0.4, -0.2) is 22.4 Å². The summed E-state index contributed by atoms with van der Waals surface area (Å²) in [6, 6.07) is 0.444. The second kappa shape index (κ2) is 4.99. The molecule has 0 bridgehead atoms. The van der Waals surface area contributed by atoms with Gasteiger partial charge in [-0.25, -0.2) is 4.79 Å². The van der Waals surface area contributed by atoms with Crippen molar-refractivity contribution in [2.75, 3.05) is 6.61 Å². The van der Waals surface area contributed by atoms with Crippen molar-refractivity contribution in [3.63, 3.8) is 0 Å². The molecule has 1 aromatic heterocycles. The van der Waals surface area contributed by atoms with Crippen molar-refractivity contribution in [2.45, 2.75) is 38.6 Å². The summed E-state index contributed by atoms with van der Waals surface area (Å²) in [4.78, 5) is 11.6. The molecule has 0 saturated heterocycles. The number of nitrogens with zero attached hydrogens (tertiary/aromatic N) is 2. The molecular formula is C11H15BrN2O2. The summed E-state index contributed by atoms with van der Waals surface area (Å²) in [5.41, 5.74) is 0.522. The Morgan fingerprint density at radius 1 is 1.62 bits per heavy atom. The SMILES string of the molecule is CCOC(=O)c1cn(C2CCCC2)nc1Br. The molecule has 1 fully saturated rings. The lowest BCUT2D eigenvalue weighted by molar-refractivity contribution is 0.0525. The Kier molecular flexibility index (Phi) is 3.63. The fourth-order valence-corrected chi connectivity index (χ4v) is 2.52. The van der Waals surface area contributed by atoms with E-state index < -0.39 is 0 Å². The molecule has 1 heterocycles. The second-order valence-corrected chi connectivity index (χ2v) is 4.72. The van der Waals surface area contributed by atoms with Crippen LogP contribution in [0.15, 0.2) is 10.8 Å². The van der Waals surface area contributed by atoms with Crippen LogP contribution in [-0.2, 0) is 4.74 Å². The average Bonchev–Trinajstić information content (AvgIpc) is 2.86. The molecule has 88 valence electrons. The van der Waals surface area contributed by atoms with E-state index >= 15 is 0 Å². The minimum absolute atomic E-state index is 0.307. The molecule has 5 heteroatoms. The van der Waals surface area contributed by atoms with E-state index in [4.69, 9.17) is 4.74 Å². The fourth-order valence-electron chi connectivity index (χ4n) is 2.07. The van der Waals surface area contributed by atoms with Gasteiger partial charge in [0.1, 0.15) is 10.2 Å². The number of aromatic nitrogens is 2. The average molecular weight is 287 g/mol. The molecule has 1 aromatic rings. The predicted molar refractivity (Wildman–Crippen MR) is 63.4 cm³/mol. The summed E-state index contributed by atoms with van der Waals surface area (Å²) >= 11 is 3.30. The summed E-state index contributed by atoms with van der Waals surface area (Å²) in [6.45, 7) is 2.19. The van der Waals surface area contributed by atoms with Gasteiger partial charge in [-0.1, -0.05) is 12.8 Å². The van der Waals surface area contributed by atoms with Gasteiger partial charge in [0.05, 0.1) is 12.6 Å². The maximum Gasteiger partial charge on any atom is 0.342 e. The van der Waals surface area contributed by atoms with Crippen LogP contribution >= 0.6 is 15.9 Å². The molecule has 2 rings (SSSR count). The van der Waals surface area contributed by atoms with Crippen LogP contribution in [0.25, 0.3) is 0 Å². The highest BCUT2D eigenvalue weighted by atomic mass is 79.9. The van der Waals surface area contributed by atoms with Gasteiger partial charge in [-0.05, 0) is 35.7 Å². The molecule has 0 aromatic carbocycles. The molecule has 0 aliphatic heterocycles. The van der Waals surface area contributed by atoms with Crippen molar-refractivity contribution < 1.29 is 9.53 Å². The molecular weight excluding hydrogens is 272 g/mol. The maximum atomic E-state index is 11.6. The Bertz CT molecular complexity index is 383. The summed E-state index contributed by atoms with van der Waals surface area (Å²) in [5, 5.41) is 4.33. The first-order valence-corrected chi connectivity index (χ1v) is 6.43. The van der Waals surface area contributed by atoms with Crippen LogP contribution in [0.1, 0.15) is 49.0 Å². The van der Waals surface area contributed by atoms with E-state index in [0.29, 0.717) is 22.8 Å². The maximum absolute atomic E-state index is 11.6. The topological polar surface area (TPSA) is 44.1 Å². The summed E-state index contributed by atoms with van der Waals surface area (Å²) in [7, 11) is 0. The Morgan fingerprint density at radius 3 is 2.94 bits per heavy atom. The number of carbonyl (C=O) groups is 1. The highest BCUT2D eigenvalue weighted by Crippen LogP contribution is 2.30. The van der Waals surface area contributed by atoms with E-state index in [1.54, 1.807) is 13.1 Å². The van der Waals surface area contributed by atoms with Gasteiger partial charge in [0.2, 0.25) is 0 Å². The summed E-state index contributed by atoms with van der Waals surface area (Å²) in [5.74, 6) is -0.307. The zero-order valence-electron chi connectivity index (χ0n) is 9.28. The van der Waals surface area contributed by atoms with Gasteiger partial charge >= 0.3 is 5.97 Å². The Hall–Kier alpha value is -0.840. The largest absolute Gasteiger partial charge is 0.462 e. The molecule has 1 aliphatic rings. The number of rotatable bonds is 3. The van der Waals surface area contributed by atoms with Gasteiger partial charge in [-0.15, -0.1) is 0 Å². The van der Waals surface area contributed by atoms with Crippen molar-refractivity contribution in [3.05, 3.63) is 16.4 Å². The molecule has 16 heavy (non-hydrogen) atoms. The van der Waals surface area contributed by atoms with Crippen LogP contribution in [0.5, 0.6) is 0 Å². The molecule has 0 unspecified atom stereocenters. The number of ether oxygens (including phenoxy) is 1. The van der Waals surface area contributed by atoms with E-state index in [1.807, 2.05) is 4.68 Å². The fraction of sp³-hybridized carbons (Fsp3) is 0.636. The number of carbonyl (C=O) groups excluding carboxylic acids is 1. The molecule has 0 radical (unpaired) electrons. The van der Waals surface area contributed by atoms with E-state index in [-0.39, 0.29) is 5.97 Å². The molecule has 1 saturated carbocycles. The lowest BCUT2D eigenvalue weighted by atomic mass is 10.2. The first-order chi connectivity index (χ1) is 7.72. The van der Waals surface area contributed by atoms with Gasteiger partial charge in [0.15, 0.2) is 0 Å². The van der Waals surface area contributed by atoms with Crippen LogP contribution < -0.4 is 0 Å². The molecule has 0 amide bonds. The van der Waals surface area contributed by atoms with Gasteiger partial charge < -0.3 is 4.74 Å². The lowest BCUT2D eigenvalue weighted by Crippen LogP contribution is -2.06. The van der Waals surface area contributed by atoms with E-state index in [2.05, 4.69) is 21.0 Å². The van der Waals surface area contributed by atoms with Crippen molar-refractivity contribution in [1.82, 2.24) is 9.78 Å². The zero-order valence-corrected chi connectivity index (χ0v) is 10.9. The standard InChI is InChI=1S/C11H15BrN2O2/c1-2-16-11(15)9-7-14(13-10(9)12)8-5-3-4-6-8/h7-8H,2-6H2,1H3. The zero-order chi connectivity index (χ0) is 11.5. The van der Waals surface area contributed by atoms with E-state index in [0.717, 1.165) is 12.8 Å². The van der Waals surface area contributed by atoms with Gasteiger partial charge in [0, 0.05) is 6.20 Å². The third kappa shape index (κ3) is 2.29. The third-order valence-corrected chi connectivity index (χ3v) is 3.47. The van der Waals surface area contributed by atoms with Crippen molar-refractivity contribution in [3.8, 4) is 0 Å². The highest BCUT2D eigenvalue weighted by molar-refractivity contribution is 9.10. The molecule has 0 N–H and O–H groups in total. The highest BCUT2D eigenvalue weighted by Gasteiger charge is 2.22. The third-order valence-electron chi connectivity index (χ3n) is 2.88. The van der Waals surface area contributed by atoms with Crippen molar-refractivity contribution in [2.24, 2.45) is 0 Å². The second-order valence-electron chi connectivity index (χ2n) is 3.97. The monoisotopic (exact) mass is 286 g/mol. The normalized spacial score (nSPS) is 16.6. The molecule has 0 atom stereocenters. The quantitative estimate of drug-likeness (QED) is 0.803. The lowest BCUT2D eigenvalue weighted by Gasteiger charge is -2.08. The number of halogens is 1. The Balaban J connectivity index is 2.17. The Labute approximate surface area is 103 Å². The predicted octanol–water partition coefficient (Wildman–Crippen LogP) is 2.94. The van der Waals surface area contributed by atoms with Crippen molar-refractivity contribution >= 4 is 21.9 Å². The number of hydrogen-bond acceptors (Lipinski definition) is 3. The van der Waals surface area contributed by atoms with Crippen LogP contribution in [0, 0.1) is 0 Å². The van der Waals surface area contributed by atoms with Crippen LogP contribution in [0.2, 0.25) is 0 Å². The van der Waals surface area contributed by atoms with Crippen LogP contribution in [0.3, 0.4) is 0 Å². The molecule has 4 nitrogen and oxygen atoms in total. The minimum atomic E-state index is -0.307. The smallest absolute Gasteiger partial charge is 0.342 e. The molecule has 1 aliphatic carbocycles. The summed E-state index contributed by atoms with van der Waals surface area (Å²) in [6.07, 6.45) is 6.58. The number of esters is 1. The Morgan fingerprint density at radius 2 is 2.31 bits per heavy atom.